The fourth-order valence-electron chi connectivity index (χ4n) is 1.79. The molecule has 0 spiro atoms. The minimum atomic E-state index is -0.448. The Labute approximate surface area is 121 Å². The van der Waals surface area contributed by atoms with Gasteiger partial charge in [-0.1, -0.05) is 18.2 Å². The van der Waals surface area contributed by atoms with Gasteiger partial charge in [-0.15, -0.1) is 0 Å². The molecule has 1 amide bonds. The van der Waals surface area contributed by atoms with E-state index in [2.05, 4.69) is 42.7 Å². The highest BCUT2D eigenvalue weighted by Gasteiger charge is 2.15. The van der Waals surface area contributed by atoms with E-state index in [0.29, 0.717) is 13.1 Å². The molecule has 0 aromatic heterocycles. The fourth-order valence-corrected chi connectivity index (χ4v) is 1.79. The van der Waals surface area contributed by atoms with Crippen LogP contribution in [0.15, 0.2) is 18.2 Å². The normalized spacial score (nSPS) is 11.2. The molecule has 0 saturated heterocycles. The lowest BCUT2D eigenvalue weighted by Crippen LogP contribution is -2.36. The standard InChI is InChI=1S/C16H26N2O2/c1-12-7-6-8-14(13(12)2)11-17-9-10-18-15(19)20-16(3,4)5/h6-8,17H,9-11H2,1-5H3,(H,18,19). The highest BCUT2D eigenvalue weighted by atomic mass is 16.6. The smallest absolute Gasteiger partial charge is 0.407 e. The van der Waals surface area contributed by atoms with E-state index in [9.17, 15) is 4.79 Å². The number of nitrogens with one attached hydrogen (secondary N) is 2. The predicted octanol–water partition coefficient (Wildman–Crippen LogP) is 2.92. The Bertz CT molecular complexity index is 450. The molecule has 2 N–H and O–H groups in total. The molecule has 4 heteroatoms. The summed E-state index contributed by atoms with van der Waals surface area (Å²) in [7, 11) is 0. The van der Waals surface area contributed by atoms with Crippen LogP contribution in [0.5, 0.6) is 0 Å². The lowest BCUT2D eigenvalue weighted by Gasteiger charge is -2.19. The van der Waals surface area contributed by atoms with Crippen LogP contribution in [0.25, 0.3) is 0 Å². The summed E-state index contributed by atoms with van der Waals surface area (Å²) in [6.45, 7) is 11.9. The monoisotopic (exact) mass is 278 g/mol. The molecule has 4 nitrogen and oxygen atoms in total. The van der Waals surface area contributed by atoms with Crippen molar-refractivity contribution in [3.8, 4) is 0 Å². The summed E-state index contributed by atoms with van der Waals surface area (Å²) in [5.74, 6) is 0. The number of benzene rings is 1. The SMILES string of the molecule is Cc1cccc(CNCCNC(=O)OC(C)(C)C)c1C. The molecule has 1 aromatic carbocycles. The second-order valence-corrected chi connectivity index (χ2v) is 5.96. The quantitative estimate of drug-likeness (QED) is 0.814. The molecule has 112 valence electrons. The molecule has 0 radical (unpaired) electrons. The van der Waals surface area contributed by atoms with Crippen LogP contribution in [0.3, 0.4) is 0 Å². The number of rotatable bonds is 5. The van der Waals surface area contributed by atoms with Gasteiger partial charge in [-0.25, -0.2) is 4.79 Å². The number of amides is 1. The van der Waals surface area contributed by atoms with Crippen LogP contribution >= 0.6 is 0 Å². The van der Waals surface area contributed by atoms with Crippen LogP contribution in [-0.2, 0) is 11.3 Å². The minimum absolute atomic E-state index is 0.369. The predicted molar refractivity (Wildman–Crippen MR) is 81.9 cm³/mol. The van der Waals surface area contributed by atoms with E-state index < -0.39 is 5.60 Å². The Morgan fingerprint density at radius 3 is 2.55 bits per heavy atom. The summed E-state index contributed by atoms with van der Waals surface area (Å²) in [5.41, 5.74) is 3.47. The molecule has 0 saturated carbocycles. The van der Waals surface area contributed by atoms with E-state index in [1.54, 1.807) is 0 Å². The van der Waals surface area contributed by atoms with Gasteiger partial charge in [-0.05, 0) is 51.3 Å². The highest BCUT2D eigenvalue weighted by Crippen LogP contribution is 2.12. The number of aryl methyl sites for hydroxylation is 1. The van der Waals surface area contributed by atoms with Crippen molar-refractivity contribution in [3.05, 3.63) is 34.9 Å². The van der Waals surface area contributed by atoms with Gasteiger partial charge in [0.15, 0.2) is 0 Å². The first-order valence-electron chi connectivity index (χ1n) is 7.02. The zero-order chi connectivity index (χ0) is 15.2. The Kier molecular flexibility index (Phi) is 6.02. The van der Waals surface area contributed by atoms with Crippen LogP contribution < -0.4 is 10.6 Å². The van der Waals surface area contributed by atoms with Crippen LogP contribution in [0.2, 0.25) is 0 Å². The Balaban J connectivity index is 2.23. The van der Waals surface area contributed by atoms with Crippen molar-refractivity contribution < 1.29 is 9.53 Å². The van der Waals surface area contributed by atoms with E-state index >= 15 is 0 Å². The molecule has 0 aliphatic heterocycles. The molecule has 0 atom stereocenters. The van der Waals surface area contributed by atoms with Gasteiger partial charge < -0.3 is 15.4 Å². The van der Waals surface area contributed by atoms with E-state index in [-0.39, 0.29) is 6.09 Å². The summed E-state index contributed by atoms with van der Waals surface area (Å²) in [5, 5.41) is 6.05. The van der Waals surface area contributed by atoms with Gasteiger partial charge in [0.2, 0.25) is 0 Å². The average molecular weight is 278 g/mol. The molecule has 0 heterocycles. The number of hydrogen-bond donors (Lipinski definition) is 2. The summed E-state index contributed by atoms with van der Waals surface area (Å²) in [6.07, 6.45) is -0.369. The zero-order valence-electron chi connectivity index (χ0n) is 13.2. The summed E-state index contributed by atoms with van der Waals surface area (Å²) >= 11 is 0. The first kappa shape index (κ1) is 16.5. The topological polar surface area (TPSA) is 50.4 Å². The van der Waals surface area contributed by atoms with Gasteiger partial charge in [0.1, 0.15) is 5.60 Å². The number of carbonyl (C=O) groups excluding carboxylic acids is 1. The largest absolute Gasteiger partial charge is 0.444 e. The third-order valence-electron chi connectivity index (χ3n) is 3.00. The van der Waals surface area contributed by atoms with Crippen molar-refractivity contribution in [2.75, 3.05) is 13.1 Å². The first-order valence-corrected chi connectivity index (χ1v) is 7.02. The molecule has 20 heavy (non-hydrogen) atoms. The Hall–Kier alpha value is -1.55. The van der Waals surface area contributed by atoms with Crippen molar-refractivity contribution in [1.82, 2.24) is 10.6 Å². The maximum absolute atomic E-state index is 11.4. The summed E-state index contributed by atoms with van der Waals surface area (Å²) in [4.78, 5) is 11.4. The van der Waals surface area contributed by atoms with Crippen LogP contribution in [0.1, 0.15) is 37.5 Å². The number of carbonyl (C=O) groups is 1. The van der Waals surface area contributed by atoms with E-state index in [1.165, 1.54) is 16.7 Å². The zero-order valence-corrected chi connectivity index (χ0v) is 13.2. The van der Waals surface area contributed by atoms with Crippen molar-refractivity contribution in [1.29, 1.82) is 0 Å². The Morgan fingerprint density at radius 1 is 1.20 bits per heavy atom. The molecule has 1 aromatic rings. The van der Waals surface area contributed by atoms with Crippen LogP contribution in [0, 0.1) is 13.8 Å². The molecule has 0 bridgehead atoms. The van der Waals surface area contributed by atoms with Gasteiger partial charge in [0, 0.05) is 19.6 Å². The summed E-state index contributed by atoms with van der Waals surface area (Å²) in [6, 6.07) is 6.30. The molecular weight excluding hydrogens is 252 g/mol. The van der Waals surface area contributed by atoms with Gasteiger partial charge >= 0.3 is 6.09 Å². The molecule has 0 unspecified atom stereocenters. The summed E-state index contributed by atoms with van der Waals surface area (Å²) < 4.78 is 5.16. The molecule has 1 rings (SSSR count). The lowest BCUT2D eigenvalue weighted by molar-refractivity contribution is 0.0528. The maximum atomic E-state index is 11.4. The van der Waals surface area contributed by atoms with Crippen molar-refractivity contribution in [3.63, 3.8) is 0 Å². The van der Waals surface area contributed by atoms with Gasteiger partial charge in [0.05, 0.1) is 0 Å². The minimum Gasteiger partial charge on any atom is -0.444 e. The Morgan fingerprint density at radius 2 is 1.90 bits per heavy atom. The van der Waals surface area contributed by atoms with E-state index in [1.807, 2.05) is 20.8 Å². The van der Waals surface area contributed by atoms with Gasteiger partial charge in [-0.2, -0.15) is 0 Å². The molecular formula is C16H26N2O2. The number of ether oxygens (including phenoxy) is 1. The van der Waals surface area contributed by atoms with Crippen molar-refractivity contribution >= 4 is 6.09 Å². The average Bonchev–Trinajstić information content (AvgIpc) is 2.31. The van der Waals surface area contributed by atoms with Crippen molar-refractivity contribution in [2.45, 2.75) is 46.8 Å². The molecule has 0 fully saturated rings. The third kappa shape index (κ3) is 6.06. The van der Waals surface area contributed by atoms with Gasteiger partial charge in [0.25, 0.3) is 0 Å². The number of hydrogen-bond acceptors (Lipinski definition) is 3. The lowest BCUT2D eigenvalue weighted by atomic mass is 10.0. The first-order chi connectivity index (χ1) is 9.29. The van der Waals surface area contributed by atoms with Gasteiger partial charge in [-0.3, -0.25) is 0 Å². The second-order valence-electron chi connectivity index (χ2n) is 5.96. The maximum Gasteiger partial charge on any atom is 0.407 e. The van der Waals surface area contributed by atoms with E-state index in [4.69, 9.17) is 4.74 Å². The number of alkyl carbamates (subject to hydrolysis) is 1. The van der Waals surface area contributed by atoms with Crippen molar-refractivity contribution in [2.24, 2.45) is 0 Å². The third-order valence-corrected chi connectivity index (χ3v) is 3.00. The van der Waals surface area contributed by atoms with Crippen LogP contribution in [0.4, 0.5) is 4.79 Å². The fraction of sp³-hybridized carbons (Fsp3) is 0.562. The van der Waals surface area contributed by atoms with E-state index in [0.717, 1.165) is 6.54 Å². The molecule has 0 aliphatic carbocycles. The second kappa shape index (κ2) is 7.29. The highest BCUT2D eigenvalue weighted by molar-refractivity contribution is 5.67. The van der Waals surface area contributed by atoms with Crippen LogP contribution in [-0.4, -0.2) is 24.8 Å². The molecule has 0 aliphatic rings.